The van der Waals surface area contributed by atoms with Gasteiger partial charge >= 0.3 is 0 Å². The maximum absolute atomic E-state index is 10.5. The molecular weight excluding hydrogens is 142 g/mol. The van der Waals surface area contributed by atoms with Crippen molar-refractivity contribution in [2.45, 2.75) is 0 Å². The number of allylic oxidation sites excluding steroid dienone is 1. The number of hydrogen-bond donors (Lipinski definition) is 1. The number of carbonyl (C=O) groups is 1. The quantitative estimate of drug-likeness (QED) is 0.441. The summed E-state index contributed by atoms with van der Waals surface area (Å²) < 4.78 is 0. The Hall–Kier alpha value is -0.220. The zero-order valence-corrected chi connectivity index (χ0v) is 5.58. The summed E-state index contributed by atoms with van der Waals surface area (Å²) in [6.07, 6.45) is 3.11. The van der Waals surface area contributed by atoms with Gasteiger partial charge in [-0.05, 0) is 6.08 Å². The van der Waals surface area contributed by atoms with Gasteiger partial charge in [0.25, 0.3) is 5.91 Å². The van der Waals surface area contributed by atoms with Crippen molar-refractivity contribution in [3.05, 3.63) is 11.0 Å². The van der Waals surface area contributed by atoms with E-state index in [0.29, 0.717) is 4.91 Å². The molecule has 0 aromatic heterocycles. The van der Waals surface area contributed by atoms with Crippen molar-refractivity contribution in [2.75, 3.05) is 0 Å². The molecule has 8 heavy (non-hydrogen) atoms. The molecule has 0 atom stereocenters. The summed E-state index contributed by atoms with van der Waals surface area (Å²) in [6.45, 7) is 0. The number of thiol groups is 1. The molecule has 1 heterocycles. The summed E-state index contributed by atoms with van der Waals surface area (Å²) in [5.41, 5.74) is 0. The Bertz CT molecular complexity index is 173. The maximum atomic E-state index is 10.5. The molecule has 1 rings (SSSR count). The lowest BCUT2D eigenvalue weighted by Crippen LogP contribution is -1.85. The number of hydrogen-bond acceptors (Lipinski definition) is 3. The van der Waals surface area contributed by atoms with E-state index in [9.17, 15) is 4.79 Å². The second-order valence-corrected chi connectivity index (χ2v) is 2.38. The first-order valence-corrected chi connectivity index (χ1v) is 3.81. The fraction of sp³-hybridized carbons (Fsp3) is 0. The first kappa shape index (κ1) is 5.91. The van der Waals surface area contributed by atoms with Gasteiger partial charge in [-0.2, -0.15) is 0 Å². The molecule has 0 radical (unpaired) electrons. The first-order valence-electron chi connectivity index (χ1n) is 1.94. The molecule has 2 nitrogen and oxygen atoms in total. The Morgan fingerprint density at radius 3 is 2.75 bits per heavy atom. The Morgan fingerprint density at radius 1 is 1.75 bits per heavy atom. The van der Waals surface area contributed by atoms with E-state index in [-0.39, 0.29) is 5.91 Å². The molecule has 1 aliphatic rings. The topological polar surface area (TPSA) is 29.4 Å². The van der Waals surface area contributed by atoms with E-state index in [4.69, 9.17) is 0 Å². The first-order chi connectivity index (χ1) is 3.84. The van der Waals surface area contributed by atoms with Crippen LogP contribution in [0.5, 0.6) is 0 Å². The monoisotopic (exact) mass is 145 g/mol. The largest absolute Gasteiger partial charge is 0.284 e. The molecule has 42 valence electrons. The molecule has 0 bridgehead atoms. The average Bonchev–Trinajstić information content (AvgIpc) is 2.14. The predicted octanol–water partition coefficient (Wildman–Crippen LogP) is 1.06. The highest BCUT2D eigenvalue weighted by atomic mass is 33.1. The summed E-state index contributed by atoms with van der Waals surface area (Å²) in [4.78, 5) is 14.5. The van der Waals surface area contributed by atoms with Gasteiger partial charge in [-0.25, -0.2) is 4.99 Å². The minimum Gasteiger partial charge on any atom is -0.266 e. The van der Waals surface area contributed by atoms with Crippen molar-refractivity contribution < 1.29 is 4.79 Å². The van der Waals surface area contributed by atoms with Crippen LogP contribution in [0, 0.1) is 0 Å². The Kier molecular flexibility index (Phi) is 1.75. The van der Waals surface area contributed by atoms with Gasteiger partial charge in [-0.3, -0.25) is 4.79 Å². The lowest BCUT2D eigenvalue weighted by molar-refractivity contribution is -0.113. The second kappa shape index (κ2) is 2.37. The van der Waals surface area contributed by atoms with Gasteiger partial charge < -0.3 is 0 Å². The third-order valence-electron chi connectivity index (χ3n) is 0.727. The average molecular weight is 145 g/mol. The van der Waals surface area contributed by atoms with E-state index in [0.717, 1.165) is 10.8 Å². The smallest absolute Gasteiger partial charge is 0.266 e. The zero-order chi connectivity index (χ0) is 5.98. The number of nitrogens with zero attached hydrogens (tertiary/aromatic N) is 1. The summed E-state index contributed by atoms with van der Waals surface area (Å²) in [5.74, 6) is -0.190. The minimum absolute atomic E-state index is 0.190. The Morgan fingerprint density at radius 2 is 2.50 bits per heavy atom. The van der Waals surface area contributed by atoms with Crippen LogP contribution in [0.1, 0.15) is 0 Å². The van der Waals surface area contributed by atoms with Gasteiger partial charge in [0.1, 0.15) is 0 Å². The van der Waals surface area contributed by atoms with Gasteiger partial charge in [0.15, 0.2) is 0 Å². The zero-order valence-electron chi connectivity index (χ0n) is 3.87. The molecular formula is C4H3NOS2. The van der Waals surface area contributed by atoms with E-state index in [2.05, 4.69) is 16.7 Å². The van der Waals surface area contributed by atoms with Crippen molar-refractivity contribution in [1.82, 2.24) is 0 Å². The van der Waals surface area contributed by atoms with Crippen LogP contribution in [0.25, 0.3) is 0 Å². The van der Waals surface area contributed by atoms with E-state index < -0.39 is 0 Å². The van der Waals surface area contributed by atoms with Crippen LogP contribution in [-0.4, -0.2) is 12.1 Å². The lowest BCUT2D eigenvalue weighted by atomic mass is 10.6. The fourth-order valence-electron chi connectivity index (χ4n) is 0.377. The molecule has 1 aliphatic heterocycles. The molecule has 1 amide bonds. The number of rotatable bonds is 1. The number of amides is 1. The van der Waals surface area contributed by atoms with Crippen molar-refractivity contribution in [1.29, 1.82) is 0 Å². The fourth-order valence-corrected chi connectivity index (χ4v) is 1.05. The van der Waals surface area contributed by atoms with Gasteiger partial charge in [0.05, 0.1) is 4.91 Å². The second-order valence-electron chi connectivity index (χ2n) is 1.21. The molecule has 0 aliphatic carbocycles. The molecule has 0 saturated heterocycles. The molecule has 0 spiro atoms. The SMILES string of the molecule is O=C1N=CC=C1SS. The highest BCUT2D eigenvalue weighted by molar-refractivity contribution is 8.70. The minimum atomic E-state index is -0.190. The van der Waals surface area contributed by atoms with Crippen LogP contribution in [0.3, 0.4) is 0 Å². The van der Waals surface area contributed by atoms with Crippen LogP contribution in [-0.2, 0) is 4.79 Å². The van der Waals surface area contributed by atoms with Crippen molar-refractivity contribution >= 4 is 34.6 Å². The number of aliphatic imine (C=N–C) groups is 1. The Labute approximate surface area is 55.9 Å². The summed E-state index contributed by atoms with van der Waals surface area (Å²) >= 11 is 3.82. The summed E-state index contributed by atoms with van der Waals surface area (Å²) in [6, 6.07) is 0. The maximum Gasteiger partial charge on any atom is 0.284 e. The van der Waals surface area contributed by atoms with Crippen LogP contribution < -0.4 is 0 Å². The molecule has 0 aromatic rings. The highest BCUT2D eigenvalue weighted by Gasteiger charge is 2.08. The van der Waals surface area contributed by atoms with Crippen molar-refractivity contribution in [3.8, 4) is 0 Å². The van der Waals surface area contributed by atoms with Crippen LogP contribution in [0.15, 0.2) is 16.0 Å². The molecule has 4 heteroatoms. The van der Waals surface area contributed by atoms with Crippen LogP contribution in [0.2, 0.25) is 0 Å². The molecule has 0 saturated carbocycles. The van der Waals surface area contributed by atoms with Gasteiger partial charge in [-0.15, -0.1) is 11.7 Å². The van der Waals surface area contributed by atoms with E-state index in [1.54, 1.807) is 6.08 Å². The van der Waals surface area contributed by atoms with E-state index in [1.807, 2.05) is 0 Å². The van der Waals surface area contributed by atoms with Crippen LogP contribution >= 0.6 is 22.5 Å². The van der Waals surface area contributed by atoms with Crippen molar-refractivity contribution in [3.63, 3.8) is 0 Å². The van der Waals surface area contributed by atoms with Crippen LogP contribution in [0.4, 0.5) is 0 Å². The third kappa shape index (κ3) is 0.952. The van der Waals surface area contributed by atoms with Gasteiger partial charge in [0, 0.05) is 6.21 Å². The lowest BCUT2D eigenvalue weighted by Gasteiger charge is -1.84. The van der Waals surface area contributed by atoms with Gasteiger partial charge in [-0.1, -0.05) is 10.8 Å². The summed E-state index contributed by atoms with van der Waals surface area (Å²) in [7, 11) is 1.12. The molecule has 0 aromatic carbocycles. The molecule has 0 fully saturated rings. The Balaban J connectivity index is 2.73. The van der Waals surface area contributed by atoms with Crippen molar-refractivity contribution in [2.24, 2.45) is 4.99 Å². The normalized spacial score (nSPS) is 17.1. The predicted molar refractivity (Wildman–Crippen MR) is 38.2 cm³/mol. The van der Waals surface area contributed by atoms with E-state index >= 15 is 0 Å². The highest BCUT2D eigenvalue weighted by Crippen LogP contribution is 2.22. The molecule has 0 N–H and O–H groups in total. The standard InChI is InChI=1S/C4H3NOS2/c6-4-3(8-7)1-2-5-4/h1-2,7H. The third-order valence-corrected chi connectivity index (χ3v) is 1.82. The van der Waals surface area contributed by atoms with E-state index in [1.165, 1.54) is 6.21 Å². The summed E-state index contributed by atoms with van der Waals surface area (Å²) in [5, 5.41) is 0. The molecule has 0 unspecified atom stereocenters. The number of carbonyl (C=O) groups excluding carboxylic acids is 1. The van der Waals surface area contributed by atoms with Gasteiger partial charge in [0.2, 0.25) is 0 Å².